The van der Waals surface area contributed by atoms with E-state index in [0.717, 1.165) is 16.9 Å². The van der Waals surface area contributed by atoms with Gasteiger partial charge in [0.05, 0.1) is 0 Å². The van der Waals surface area contributed by atoms with Crippen molar-refractivity contribution in [1.29, 1.82) is 0 Å². The van der Waals surface area contributed by atoms with Gasteiger partial charge in [0.25, 0.3) is 0 Å². The van der Waals surface area contributed by atoms with Crippen LogP contribution in [0.15, 0.2) is 41.3 Å². The van der Waals surface area contributed by atoms with E-state index in [9.17, 15) is 4.79 Å². The van der Waals surface area contributed by atoms with Gasteiger partial charge in [0.2, 0.25) is 0 Å². The third kappa shape index (κ3) is 2.62. The summed E-state index contributed by atoms with van der Waals surface area (Å²) in [6, 6.07) is 7.84. The van der Waals surface area contributed by atoms with Crippen LogP contribution in [0.25, 0.3) is 12.2 Å². The molecule has 1 aromatic carbocycles. The van der Waals surface area contributed by atoms with Gasteiger partial charge in [0, 0.05) is 10.9 Å². The molecule has 0 spiro atoms. The number of aromatic carboxylic acids is 1. The van der Waals surface area contributed by atoms with Gasteiger partial charge in [-0.25, -0.2) is 9.78 Å². The first-order valence-electron chi connectivity index (χ1n) is 6.02. The zero-order valence-corrected chi connectivity index (χ0v) is 11.3. The highest BCUT2D eigenvalue weighted by Gasteiger charge is 2.09. The number of thiazole rings is 1. The maximum absolute atomic E-state index is 10.7. The van der Waals surface area contributed by atoms with Crippen molar-refractivity contribution in [2.75, 3.05) is 6.61 Å². The highest BCUT2D eigenvalue weighted by atomic mass is 32.1. The number of carboxylic acid groups (broad SMARTS) is 1. The summed E-state index contributed by atoms with van der Waals surface area (Å²) in [6.45, 7) is 0.505. The second kappa shape index (κ2) is 5.30. The van der Waals surface area contributed by atoms with Crippen LogP contribution in [-0.2, 0) is 0 Å². The van der Waals surface area contributed by atoms with E-state index < -0.39 is 5.97 Å². The van der Waals surface area contributed by atoms with Gasteiger partial charge in [-0.05, 0) is 23.8 Å². The topological polar surface area (TPSA) is 59.4 Å². The second-order valence-electron chi connectivity index (χ2n) is 4.26. The first kappa shape index (κ1) is 12.6. The lowest BCUT2D eigenvalue weighted by atomic mass is 10.1. The number of para-hydroxylation sites is 1. The van der Waals surface area contributed by atoms with Crippen molar-refractivity contribution in [1.82, 2.24) is 4.98 Å². The molecule has 0 atom stereocenters. The Bertz CT molecular complexity index is 715. The van der Waals surface area contributed by atoms with Crippen LogP contribution in [0.4, 0.5) is 0 Å². The van der Waals surface area contributed by atoms with Gasteiger partial charge in [-0.2, -0.15) is 0 Å². The van der Waals surface area contributed by atoms with Gasteiger partial charge in [-0.3, -0.25) is 0 Å². The Morgan fingerprint density at radius 3 is 3.00 bits per heavy atom. The number of aromatic nitrogens is 1. The Morgan fingerprint density at radius 2 is 2.20 bits per heavy atom. The molecule has 5 heteroatoms. The van der Waals surface area contributed by atoms with Crippen molar-refractivity contribution >= 4 is 29.5 Å². The van der Waals surface area contributed by atoms with E-state index in [1.54, 1.807) is 6.08 Å². The van der Waals surface area contributed by atoms with Crippen LogP contribution < -0.4 is 4.74 Å². The summed E-state index contributed by atoms with van der Waals surface area (Å²) >= 11 is 1.31. The van der Waals surface area contributed by atoms with E-state index in [4.69, 9.17) is 9.84 Å². The number of rotatable bonds is 3. The van der Waals surface area contributed by atoms with E-state index in [2.05, 4.69) is 11.1 Å². The fraction of sp³-hybridized carbons (Fsp3) is 0.0667. The molecule has 0 amide bonds. The van der Waals surface area contributed by atoms with Crippen molar-refractivity contribution in [3.05, 3.63) is 57.6 Å². The van der Waals surface area contributed by atoms with Gasteiger partial charge in [0.1, 0.15) is 17.4 Å². The maximum atomic E-state index is 10.7. The molecule has 0 bridgehead atoms. The number of ether oxygens (including phenoxy) is 1. The Labute approximate surface area is 119 Å². The number of fused-ring (bicyclic) bond motifs is 1. The van der Waals surface area contributed by atoms with Crippen LogP contribution in [0.5, 0.6) is 5.75 Å². The smallest absolute Gasteiger partial charge is 0.355 e. The van der Waals surface area contributed by atoms with Crippen LogP contribution in [0.1, 0.15) is 21.1 Å². The summed E-state index contributed by atoms with van der Waals surface area (Å²) in [4.78, 5) is 14.7. The van der Waals surface area contributed by atoms with Crippen molar-refractivity contribution < 1.29 is 14.6 Å². The van der Waals surface area contributed by atoms with Crippen LogP contribution >= 0.6 is 11.3 Å². The maximum Gasteiger partial charge on any atom is 0.355 e. The van der Waals surface area contributed by atoms with E-state index >= 15 is 0 Å². The summed E-state index contributed by atoms with van der Waals surface area (Å²) < 4.78 is 5.64. The lowest BCUT2D eigenvalue weighted by Gasteiger charge is -2.15. The third-order valence-electron chi connectivity index (χ3n) is 2.84. The molecule has 0 fully saturated rings. The lowest BCUT2D eigenvalue weighted by molar-refractivity contribution is 0.0691. The zero-order chi connectivity index (χ0) is 13.9. The molecule has 0 radical (unpaired) electrons. The molecule has 100 valence electrons. The monoisotopic (exact) mass is 285 g/mol. The minimum Gasteiger partial charge on any atom is -0.488 e. The van der Waals surface area contributed by atoms with Crippen molar-refractivity contribution in [2.45, 2.75) is 0 Å². The summed E-state index contributed by atoms with van der Waals surface area (Å²) in [6.07, 6.45) is 5.77. The van der Waals surface area contributed by atoms with Crippen molar-refractivity contribution in [3.63, 3.8) is 0 Å². The molecule has 2 heterocycles. The molecule has 0 saturated heterocycles. The zero-order valence-electron chi connectivity index (χ0n) is 10.4. The van der Waals surface area contributed by atoms with E-state index in [-0.39, 0.29) is 5.69 Å². The number of hydrogen-bond donors (Lipinski definition) is 1. The SMILES string of the molecule is O=C(O)c1csc(/C=C/C2=Cc3ccccc3OC2)n1. The number of carbonyl (C=O) groups is 1. The highest BCUT2D eigenvalue weighted by Crippen LogP contribution is 2.26. The van der Waals surface area contributed by atoms with Crippen LogP contribution in [0.2, 0.25) is 0 Å². The standard InChI is InChI=1S/C15H11NO3S/c17-15(18)12-9-20-14(16-12)6-5-10-7-11-3-1-2-4-13(11)19-8-10/h1-7,9H,8H2,(H,17,18)/b6-5+. The lowest BCUT2D eigenvalue weighted by Crippen LogP contribution is -2.05. The van der Waals surface area contributed by atoms with Gasteiger partial charge >= 0.3 is 5.97 Å². The number of benzene rings is 1. The third-order valence-corrected chi connectivity index (χ3v) is 3.65. The number of hydrogen-bond acceptors (Lipinski definition) is 4. The molecule has 1 aromatic heterocycles. The molecular weight excluding hydrogens is 274 g/mol. The Morgan fingerprint density at radius 1 is 1.35 bits per heavy atom. The molecule has 0 saturated carbocycles. The quantitative estimate of drug-likeness (QED) is 0.939. The van der Waals surface area contributed by atoms with Crippen LogP contribution in [-0.4, -0.2) is 22.7 Å². The number of carboxylic acids is 1. The molecule has 3 rings (SSSR count). The van der Waals surface area contributed by atoms with Crippen molar-refractivity contribution in [2.24, 2.45) is 0 Å². The molecule has 0 aliphatic carbocycles. The minimum atomic E-state index is -1.00. The predicted octanol–water partition coefficient (Wildman–Crippen LogP) is 3.33. The molecule has 2 aromatic rings. The van der Waals surface area contributed by atoms with Gasteiger partial charge in [-0.15, -0.1) is 11.3 Å². The van der Waals surface area contributed by atoms with Crippen LogP contribution in [0, 0.1) is 0 Å². The first-order chi connectivity index (χ1) is 9.72. The molecule has 20 heavy (non-hydrogen) atoms. The van der Waals surface area contributed by atoms with E-state index in [1.165, 1.54) is 16.7 Å². The fourth-order valence-electron chi connectivity index (χ4n) is 1.87. The predicted molar refractivity (Wildman–Crippen MR) is 78.0 cm³/mol. The van der Waals surface area contributed by atoms with Gasteiger partial charge in [0.15, 0.2) is 5.69 Å². The van der Waals surface area contributed by atoms with Gasteiger partial charge < -0.3 is 9.84 Å². The molecule has 4 nitrogen and oxygen atoms in total. The largest absolute Gasteiger partial charge is 0.488 e. The summed E-state index contributed by atoms with van der Waals surface area (Å²) in [5.41, 5.74) is 2.15. The van der Waals surface area contributed by atoms with Crippen LogP contribution in [0.3, 0.4) is 0 Å². The minimum absolute atomic E-state index is 0.0777. The summed E-state index contributed by atoms with van der Waals surface area (Å²) in [7, 11) is 0. The molecule has 1 aliphatic heterocycles. The van der Waals surface area contributed by atoms with Gasteiger partial charge in [-0.1, -0.05) is 24.3 Å². The average molecular weight is 285 g/mol. The molecule has 1 aliphatic rings. The Kier molecular flexibility index (Phi) is 3.35. The normalized spacial score (nSPS) is 13.7. The van der Waals surface area contributed by atoms with E-state index in [1.807, 2.05) is 30.3 Å². The van der Waals surface area contributed by atoms with E-state index in [0.29, 0.717) is 11.6 Å². The summed E-state index contributed by atoms with van der Waals surface area (Å²) in [5.74, 6) is -0.123. The Hall–Kier alpha value is -2.40. The molecule has 0 unspecified atom stereocenters. The van der Waals surface area contributed by atoms with Crippen molar-refractivity contribution in [3.8, 4) is 5.75 Å². The molecular formula is C15H11NO3S. The summed E-state index contributed by atoms with van der Waals surface area (Å²) in [5, 5.41) is 11.0. The molecule has 1 N–H and O–H groups in total. The second-order valence-corrected chi connectivity index (χ2v) is 5.14. The highest BCUT2D eigenvalue weighted by molar-refractivity contribution is 7.10. The number of nitrogens with zero attached hydrogens (tertiary/aromatic N) is 1. The average Bonchev–Trinajstić information content (AvgIpc) is 2.94. The Balaban J connectivity index is 1.79. The first-order valence-corrected chi connectivity index (χ1v) is 6.89. The fourth-order valence-corrected chi connectivity index (χ4v) is 2.55.